The lowest BCUT2D eigenvalue weighted by atomic mass is 10.0. The lowest BCUT2D eigenvalue weighted by Gasteiger charge is -2.01. The summed E-state index contributed by atoms with van der Waals surface area (Å²) in [5.41, 5.74) is 2.83. The first-order valence-electron chi connectivity index (χ1n) is 9.21. The van der Waals surface area contributed by atoms with Crippen molar-refractivity contribution in [3.05, 3.63) is 21.4 Å². The van der Waals surface area contributed by atoms with Gasteiger partial charge in [0.05, 0.1) is 4.88 Å². The van der Waals surface area contributed by atoms with Crippen LogP contribution in [0.25, 0.3) is 9.40 Å². The van der Waals surface area contributed by atoms with Crippen LogP contribution in [0.15, 0.2) is 5.38 Å². The smallest absolute Gasteiger partial charge is 0.170 e. The molecule has 0 radical (unpaired) electrons. The summed E-state index contributed by atoms with van der Waals surface area (Å²) >= 11 is 3.62. The molecule has 0 saturated carbocycles. The highest BCUT2D eigenvalue weighted by molar-refractivity contribution is 7.28. The number of hydrogen-bond acceptors (Lipinski definition) is 3. The van der Waals surface area contributed by atoms with Crippen LogP contribution in [0.1, 0.15) is 92.9 Å². The van der Waals surface area contributed by atoms with Gasteiger partial charge < -0.3 is 0 Å². The van der Waals surface area contributed by atoms with Crippen molar-refractivity contribution in [3.8, 4) is 0 Å². The Balaban J connectivity index is 2.14. The molecule has 0 atom stereocenters. The molecule has 2 aromatic rings. The van der Waals surface area contributed by atoms with E-state index in [0.717, 1.165) is 11.3 Å². The highest BCUT2D eigenvalue weighted by atomic mass is 32.1. The van der Waals surface area contributed by atoms with Gasteiger partial charge in [-0.05, 0) is 49.1 Å². The number of rotatable bonds is 11. The number of Topliss-reactive ketones (excluding diaryl/α,β-unsaturated/α-hetero) is 1. The number of carbonyl (C=O) groups excluding carboxylic acids is 1. The van der Waals surface area contributed by atoms with Crippen LogP contribution in [-0.2, 0) is 12.8 Å². The van der Waals surface area contributed by atoms with Gasteiger partial charge in [-0.15, -0.1) is 22.7 Å². The van der Waals surface area contributed by atoms with Gasteiger partial charge in [0.25, 0.3) is 0 Å². The molecular weight excluding hydrogens is 320 g/mol. The largest absolute Gasteiger partial charge is 0.294 e. The van der Waals surface area contributed by atoms with Gasteiger partial charge in [0.15, 0.2) is 5.78 Å². The molecule has 128 valence electrons. The Morgan fingerprint density at radius 2 is 1.57 bits per heavy atom. The van der Waals surface area contributed by atoms with Crippen LogP contribution >= 0.6 is 22.7 Å². The average Bonchev–Trinajstić information content (AvgIpc) is 3.08. The molecule has 0 amide bonds. The molecule has 2 rings (SSSR count). The van der Waals surface area contributed by atoms with Gasteiger partial charge >= 0.3 is 0 Å². The van der Waals surface area contributed by atoms with Gasteiger partial charge in [0.2, 0.25) is 0 Å². The second-order valence-electron chi connectivity index (χ2n) is 6.51. The molecule has 0 saturated heterocycles. The predicted molar refractivity (Wildman–Crippen MR) is 105 cm³/mol. The highest BCUT2D eigenvalue weighted by Crippen LogP contribution is 2.40. The zero-order valence-electron chi connectivity index (χ0n) is 14.9. The van der Waals surface area contributed by atoms with Gasteiger partial charge in [0.1, 0.15) is 0 Å². The van der Waals surface area contributed by atoms with E-state index in [1.165, 1.54) is 78.3 Å². The van der Waals surface area contributed by atoms with Crippen LogP contribution in [0.2, 0.25) is 0 Å². The van der Waals surface area contributed by atoms with Crippen LogP contribution in [0, 0.1) is 0 Å². The van der Waals surface area contributed by atoms with Crippen molar-refractivity contribution < 1.29 is 4.79 Å². The van der Waals surface area contributed by atoms with Crippen molar-refractivity contribution in [2.45, 2.75) is 85.0 Å². The van der Waals surface area contributed by atoms with Crippen LogP contribution in [-0.4, -0.2) is 5.78 Å². The van der Waals surface area contributed by atoms with Crippen molar-refractivity contribution in [1.82, 2.24) is 0 Å². The monoisotopic (exact) mass is 350 g/mol. The molecule has 0 bridgehead atoms. The maximum Gasteiger partial charge on any atom is 0.170 e. The normalized spacial score (nSPS) is 11.4. The quantitative estimate of drug-likeness (QED) is 0.304. The number of aryl methyl sites for hydroxylation is 2. The zero-order chi connectivity index (χ0) is 16.7. The first kappa shape index (κ1) is 18.7. The topological polar surface area (TPSA) is 17.1 Å². The van der Waals surface area contributed by atoms with E-state index < -0.39 is 0 Å². The summed E-state index contributed by atoms with van der Waals surface area (Å²) in [6.45, 7) is 6.23. The summed E-state index contributed by atoms with van der Waals surface area (Å²) in [4.78, 5) is 13.1. The van der Waals surface area contributed by atoms with E-state index >= 15 is 0 Å². The van der Waals surface area contributed by atoms with Crippen molar-refractivity contribution in [3.63, 3.8) is 0 Å². The summed E-state index contributed by atoms with van der Waals surface area (Å²) in [6.07, 6.45) is 12.5. The highest BCUT2D eigenvalue weighted by Gasteiger charge is 2.18. The van der Waals surface area contributed by atoms with Gasteiger partial charge in [0, 0.05) is 9.40 Å². The second kappa shape index (κ2) is 9.58. The maximum absolute atomic E-state index is 12.0. The lowest BCUT2D eigenvalue weighted by Crippen LogP contribution is -1.94. The van der Waals surface area contributed by atoms with Crippen LogP contribution < -0.4 is 0 Å². The number of thiophene rings is 2. The number of ketones is 1. The fourth-order valence-electron chi connectivity index (χ4n) is 3.12. The summed E-state index contributed by atoms with van der Waals surface area (Å²) in [7, 11) is 0. The van der Waals surface area contributed by atoms with E-state index in [4.69, 9.17) is 0 Å². The number of hydrogen-bond donors (Lipinski definition) is 0. The fraction of sp³-hybridized carbons (Fsp3) is 0.650. The van der Waals surface area contributed by atoms with Gasteiger partial charge in [-0.3, -0.25) is 4.79 Å². The van der Waals surface area contributed by atoms with Crippen molar-refractivity contribution in [1.29, 1.82) is 0 Å². The van der Waals surface area contributed by atoms with Crippen LogP contribution in [0.4, 0.5) is 0 Å². The maximum atomic E-state index is 12.0. The van der Waals surface area contributed by atoms with E-state index in [1.807, 2.05) is 11.3 Å². The molecule has 0 unspecified atom stereocenters. The predicted octanol–water partition coefficient (Wildman–Crippen LogP) is 7.41. The zero-order valence-corrected chi connectivity index (χ0v) is 16.5. The van der Waals surface area contributed by atoms with Gasteiger partial charge in [-0.1, -0.05) is 52.4 Å². The van der Waals surface area contributed by atoms with E-state index in [0.29, 0.717) is 0 Å². The SMILES string of the molecule is CCCCCCc1csc2c(CCCCCC)c(C(C)=O)sc12. The first-order chi connectivity index (χ1) is 11.2. The minimum Gasteiger partial charge on any atom is -0.294 e. The molecule has 0 spiro atoms. The van der Waals surface area contributed by atoms with E-state index in [9.17, 15) is 4.79 Å². The summed E-state index contributed by atoms with van der Waals surface area (Å²) in [6, 6.07) is 0. The van der Waals surface area contributed by atoms with E-state index in [2.05, 4.69) is 19.2 Å². The summed E-state index contributed by atoms with van der Waals surface area (Å²) in [5, 5.41) is 2.34. The van der Waals surface area contributed by atoms with E-state index in [-0.39, 0.29) is 5.78 Å². The third kappa shape index (κ3) is 4.90. The standard InChI is InChI=1S/C20H30OS2/c1-4-6-8-10-12-16-14-22-20-17(13-11-9-7-5-2)18(15(3)21)23-19(16)20/h14H,4-13H2,1-3H3. The Bertz CT molecular complexity index is 621. The summed E-state index contributed by atoms with van der Waals surface area (Å²) in [5.74, 6) is 0.251. The van der Waals surface area contributed by atoms with Crippen molar-refractivity contribution in [2.24, 2.45) is 0 Å². The van der Waals surface area contributed by atoms with Gasteiger partial charge in [-0.25, -0.2) is 0 Å². The third-order valence-electron chi connectivity index (χ3n) is 4.47. The Labute approximate surface area is 149 Å². The molecule has 23 heavy (non-hydrogen) atoms. The molecule has 0 aliphatic heterocycles. The Morgan fingerprint density at radius 3 is 2.17 bits per heavy atom. The average molecular weight is 351 g/mol. The first-order valence-corrected chi connectivity index (χ1v) is 10.9. The Kier molecular flexibility index (Phi) is 7.78. The number of carbonyl (C=O) groups is 1. The van der Waals surface area contributed by atoms with Crippen LogP contribution in [0.5, 0.6) is 0 Å². The second-order valence-corrected chi connectivity index (χ2v) is 8.41. The molecule has 0 N–H and O–H groups in total. The molecule has 0 aromatic carbocycles. The molecule has 0 aliphatic carbocycles. The lowest BCUT2D eigenvalue weighted by molar-refractivity contribution is 0.102. The van der Waals surface area contributed by atoms with Crippen molar-refractivity contribution in [2.75, 3.05) is 0 Å². The summed E-state index contributed by atoms with van der Waals surface area (Å²) < 4.78 is 2.81. The number of fused-ring (bicyclic) bond motifs is 1. The Morgan fingerprint density at radius 1 is 0.913 bits per heavy atom. The van der Waals surface area contributed by atoms with E-state index in [1.54, 1.807) is 18.3 Å². The fourth-order valence-corrected chi connectivity index (χ4v) is 5.80. The molecular formula is C20H30OS2. The van der Waals surface area contributed by atoms with Gasteiger partial charge in [-0.2, -0.15) is 0 Å². The molecule has 0 fully saturated rings. The molecule has 2 heterocycles. The van der Waals surface area contributed by atoms with Crippen molar-refractivity contribution >= 4 is 37.9 Å². The third-order valence-corrected chi connectivity index (χ3v) is 7.10. The molecule has 2 aromatic heterocycles. The Hall–Kier alpha value is -0.670. The molecule has 1 nitrogen and oxygen atoms in total. The molecule has 3 heteroatoms. The molecule has 0 aliphatic rings. The van der Waals surface area contributed by atoms with Crippen LogP contribution in [0.3, 0.4) is 0 Å². The minimum atomic E-state index is 0.251. The minimum absolute atomic E-state index is 0.251. The number of unbranched alkanes of at least 4 members (excludes halogenated alkanes) is 6.